The molecule has 8 heteroatoms. The molecule has 21 heavy (non-hydrogen) atoms. The van der Waals surface area contributed by atoms with Crippen molar-refractivity contribution in [3.8, 4) is 5.75 Å². The van der Waals surface area contributed by atoms with Gasteiger partial charge in [-0.2, -0.15) is 0 Å². The summed E-state index contributed by atoms with van der Waals surface area (Å²) in [5.41, 5.74) is 0.783. The van der Waals surface area contributed by atoms with Gasteiger partial charge in [-0.25, -0.2) is 4.57 Å². The van der Waals surface area contributed by atoms with Crippen LogP contribution < -0.4 is 4.52 Å². The average molecular weight is 318 g/mol. The van der Waals surface area contributed by atoms with Crippen LogP contribution in [0.2, 0.25) is 0 Å². The van der Waals surface area contributed by atoms with Crippen molar-refractivity contribution >= 4 is 13.8 Å². The van der Waals surface area contributed by atoms with E-state index in [9.17, 15) is 9.36 Å². The zero-order valence-electron chi connectivity index (χ0n) is 12.2. The van der Waals surface area contributed by atoms with Gasteiger partial charge >= 0.3 is 13.8 Å². The quantitative estimate of drug-likeness (QED) is 0.393. The molecule has 1 aromatic carbocycles. The summed E-state index contributed by atoms with van der Waals surface area (Å²) in [6.45, 7) is 1.87. The first-order valence-corrected chi connectivity index (χ1v) is 7.66. The summed E-state index contributed by atoms with van der Waals surface area (Å²) in [5, 5.41) is 0. The molecule has 0 saturated carbocycles. The van der Waals surface area contributed by atoms with Gasteiger partial charge in [0.05, 0.1) is 13.2 Å². The Balaban J connectivity index is 2.60. The number of phosphoric ester groups is 1. The highest BCUT2D eigenvalue weighted by molar-refractivity contribution is 7.48. The second kappa shape index (κ2) is 8.79. The van der Waals surface area contributed by atoms with E-state index in [2.05, 4.69) is 0 Å². The van der Waals surface area contributed by atoms with Crippen molar-refractivity contribution < 1.29 is 32.4 Å². The Hall–Kier alpha value is -1.40. The second-order valence-electron chi connectivity index (χ2n) is 3.97. The normalized spacial score (nSPS) is 13.5. The van der Waals surface area contributed by atoms with Gasteiger partial charge in [0.15, 0.2) is 0 Å². The molecule has 1 atom stereocenters. The van der Waals surface area contributed by atoms with Crippen LogP contribution in [0, 0.1) is 0 Å². The minimum Gasteiger partial charge on any atom is -0.461 e. The Bertz CT molecular complexity index is 486. The van der Waals surface area contributed by atoms with E-state index in [4.69, 9.17) is 23.0 Å². The van der Waals surface area contributed by atoms with Crippen molar-refractivity contribution in [1.29, 1.82) is 0 Å². The minimum absolute atomic E-state index is 0.0894. The molecule has 0 aliphatic carbocycles. The Morgan fingerprint density at radius 2 is 1.81 bits per heavy atom. The number of carbonyl (C=O) groups excluding carboxylic acids is 1. The number of methoxy groups -OCH3 is 1. The van der Waals surface area contributed by atoms with Gasteiger partial charge in [0.25, 0.3) is 0 Å². The van der Waals surface area contributed by atoms with E-state index in [1.165, 1.54) is 21.1 Å². The summed E-state index contributed by atoms with van der Waals surface area (Å²) in [6.07, 6.45) is 0. The van der Waals surface area contributed by atoms with E-state index >= 15 is 0 Å². The van der Waals surface area contributed by atoms with Crippen LogP contribution in [0.25, 0.3) is 0 Å². The zero-order chi connectivity index (χ0) is 15.7. The molecule has 1 rings (SSSR count). The van der Waals surface area contributed by atoms with E-state index in [0.717, 1.165) is 5.56 Å². The summed E-state index contributed by atoms with van der Waals surface area (Å²) < 4.78 is 36.8. The van der Waals surface area contributed by atoms with Crippen molar-refractivity contribution in [3.63, 3.8) is 0 Å². The van der Waals surface area contributed by atoms with Gasteiger partial charge < -0.3 is 14.0 Å². The number of phosphoric acid groups is 1. The second-order valence-corrected chi connectivity index (χ2v) is 5.67. The lowest BCUT2D eigenvalue weighted by Gasteiger charge is -2.16. The fourth-order valence-electron chi connectivity index (χ4n) is 1.31. The molecule has 0 heterocycles. The molecule has 0 saturated heterocycles. The van der Waals surface area contributed by atoms with E-state index in [1.54, 1.807) is 24.3 Å². The summed E-state index contributed by atoms with van der Waals surface area (Å²) >= 11 is 0. The largest absolute Gasteiger partial charge is 0.529 e. The third-order valence-corrected chi connectivity index (χ3v) is 3.72. The summed E-state index contributed by atoms with van der Waals surface area (Å²) in [4.78, 5) is 10.7. The van der Waals surface area contributed by atoms with Crippen molar-refractivity contribution in [3.05, 3.63) is 29.8 Å². The molecule has 7 nitrogen and oxygen atoms in total. The maximum Gasteiger partial charge on any atom is 0.529 e. The molecule has 118 valence electrons. The number of rotatable bonds is 9. The van der Waals surface area contributed by atoms with Gasteiger partial charge in [0, 0.05) is 21.1 Å². The third-order valence-electron chi connectivity index (χ3n) is 2.34. The monoisotopic (exact) mass is 318 g/mol. The van der Waals surface area contributed by atoms with Gasteiger partial charge in [0.1, 0.15) is 12.4 Å². The van der Waals surface area contributed by atoms with Crippen molar-refractivity contribution in [2.45, 2.75) is 13.5 Å². The Morgan fingerprint density at radius 1 is 1.14 bits per heavy atom. The topological polar surface area (TPSA) is 80.3 Å². The Kier molecular flexibility index (Phi) is 7.39. The molecule has 0 aliphatic rings. The van der Waals surface area contributed by atoms with Crippen LogP contribution in [0.5, 0.6) is 5.75 Å². The van der Waals surface area contributed by atoms with Crippen LogP contribution in [0.3, 0.4) is 0 Å². The summed E-state index contributed by atoms with van der Waals surface area (Å²) in [7, 11) is -0.921. The number of hydrogen-bond acceptors (Lipinski definition) is 7. The van der Waals surface area contributed by atoms with Crippen molar-refractivity contribution in [2.75, 3.05) is 27.4 Å². The lowest BCUT2D eigenvalue weighted by atomic mass is 10.2. The fraction of sp³-hybridized carbons (Fsp3) is 0.462. The first-order chi connectivity index (χ1) is 9.99. The molecule has 1 unspecified atom stereocenters. The highest BCUT2D eigenvalue weighted by Crippen LogP contribution is 2.48. The van der Waals surface area contributed by atoms with Crippen molar-refractivity contribution in [2.24, 2.45) is 0 Å². The van der Waals surface area contributed by atoms with Crippen molar-refractivity contribution in [1.82, 2.24) is 0 Å². The molecular weight excluding hydrogens is 299 g/mol. The number of benzene rings is 1. The molecule has 0 bridgehead atoms. The van der Waals surface area contributed by atoms with E-state index < -0.39 is 7.82 Å². The summed E-state index contributed by atoms with van der Waals surface area (Å²) in [6, 6.07) is 6.55. The molecule has 0 radical (unpaired) electrons. The fourth-order valence-corrected chi connectivity index (χ4v) is 2.22. The smallest absolute Gasteiger partial charge is 0.461 e. The maximum absolute atomic E-state index is 12.1. The third kappa shape index (κ3) is 6.73. The van der Waals surface area contributed by atoms with Gasteiger partial charge in [-0.05, 0) is 17.7 Å². The molecule has 0 aromatic heterocycles. The first kappa shape index (κ1) is 17.7. The van der Waals surface area contributed by atoms with Gasteiger partial charge in [-0.15, -0.1) is 0 Å². The molecule has 0 N–H and O–H groups in total. The SMILES string of the molecule is COCCOP(=O)(OC)Oc1ccc(COC(C)=O)cc1. The standard InChI is InChI=1S/C13H19O7P/c1-11(14)18-10-12-4-6-13(7-5-12)20-21(15,17-3)19-9-8-16-2/h4-7H,8-10H2,1-3H3. The van der Waals surface area contributed by atoms with Crippen LogP contribution >= 0.6 is 7.82 Å². The van der Waals surface area contributed by atoms with Gasteiger partial charge in [0.2, 0.25) is 0 Å². The first-order valence-electron chi connectivity index (χ1n) is 6.20. The van der Waals surface area contributed by atoms with E-state index in [1.807, 2.05) is 0 Å². The predicted molar refractivity (Wildman–Crippen MR) is 75.0 cm³/mol. The van der Waals surface area contributed by atoms with Crippen LogP contribution in [0.1, 0.15) is 12.5 Å². The molecule has 0 fully saturated rings. The highest BCUT2D eigenvalue weighted by Gasteiger charge is 2.26. The minimum atomic E-state index is -3.66. The maximum atomic E-state index is 12.1. The number of hydrogen-bond donors (Lipinski definition) is 0. The zero-order valence-corrected chi connectivity index (χ0v) is 13.1. The number of carbonyl (C=O) groups is 1. The van der Waals surface area contributed by atoms with E-state index in [0.29, 0.717) is 5.75 Å². The summed E-state index contributed by atoms with van der Waals surface area (Å²) in [5.74, 6) is -0.0325. The predicted octanol–water partition coefficient (Wildman–Crippen LogP) is 2.55. The van der Waals surface area contributed by atoms with Crippen LogP contribution in [-0.2, 0) is 34.5 Å². The van der Waals surface area contributed by atoms with Crippen LogP contribution in [0.15, 0.2) is 24.3 Å². The lowest BCUT2D eigenvalue weighted by Crippen LogP contribution is -2.05. The lowest BCUT2D eigenvalue weighted by molar-refractivity contribution is -0.142. The van der Waals surface area contributed by atoms with Crippen LogP contribution in [-0.4, -0.2) is 33.4 Å². The Labute approximate surface area is 123 Å². The highest BCUT2D eigenvalue weighted by atomic mass is 31.2. The Morgan fingerprint density at radius 3 is 2.33 bits per heavy atom. The molecule has 0 spiro atoms. The van der Waals surface area contributed by atoms with Gasteiger partial charge in [-0.3, -0.25) is 13.8 Å². The molecular formula is C13H19O7P. The average Bonchev–Trinajstić information content (AvgIpc) is 2.47. The number of esters is 1. The van der Waals surface area contributed by atoms with Gasteiger partial charge in [-0.1, -0.05) is 12.1 Å². The van der Waals surface area contributed by atoms with E-state index in [-0.39, 0.29) is 25.8 Å². The van der Waals surface area contributed by atoms with Crippen LogP contribution in [0.4, 0.5) is 0 Å². The number of ether oxygens (including phenoxy) is 2. The molecule has 1 aromatic rings. The molecule has 0 amide bonds. The molecule has 0 aliphatic heterocycles.